The number of halogens is 1. The smallest absolute Gasteiger partial charge is 0.120 e. The standard InChI is InChI=1S/C11H7BrN4S/c12-9-2-1-3-15-11(9)17-10-7(5-13)4-8(14)6-16-10/h1-4,6H,14H2. The molecule has 0 bridgehead atoms. The van der Waals surface area contributed by atoms with Gasteiger partial charge in [-0.2, -0.15) is 5.26 Å². The van der Waals surface area contributed by atoms with E-state index in [4.69, 9.17) is 11.0 Å². The number of nitriles is 1. The highest BCUT2D eigenvalue weighted by Crippen LogP contribution is 2.32. The zero-order chi connectivity index (χ0) is 12.3. The van der Waals surface area contributed by atoms with Gasteiger partial charge in [0.25, 0.3) is 0 Å². The SMILES string of the molecule is N#Cc1cc(N)cnc1Sc1ncccc1Br. The van der Waals surface area contributed by atoms with Crippen LogP contribution in [0.25, 0.3) is 0 Å². The first kappa shape index (κ1) is 11.9. The molecule has 0 aliphatic carbocycles. The van der Waals surface area contributed by atoms with Crippen LogP contribution in [0.4, 0.5) is 5.69 Å². The van der Waals surface area contributed by atoms with Crippen molar-refractivity contribution in [1.29, 1.82) is 5.26 Å². The fourth-order valence-electron chi connectivity index (χ4n) is 1.17. The van der Waals surface area contributed by atoms with E-state index in [1.807, 2.05) is 12.1 Å². The average molecular weight is 307 g/mol. The van der Waals surface area contributed by atoms with Crippen molar-refractivity contribution >= 4 is 33.4 Å². The van der Waals surface area contributed by atoms with E-state index in [2.05, 4.69) is 32.0 Å². The van der Waals surface area contributed by atoms with Gasteiger partial charge in [0.1, 0.15) is 16.1 Å². The summed E-state index contributed by atoms with van der Waals surface area (Å²) in [6, 6.07) is 7.39. The molecule has 2 aromatic heterocycles. The highest BCUT2D eigenvalue weighted by Gasteiger charge is 2.09. The number of nitrogens with zero attached hydrogens (tertiary/aromatic N) is 3. The Kier molecular flexibility index (Phi) is 3.61. The summed E-state index contributed by atoms with van der Waals surface area (Å²) in [5.41, 5.74) is 6.51. The molecule has 0 aromatic carbocycles. The Labute approximate surface area is 111 Å². The molecular weight excluding hydrogens is 300 g/mol. The molecule has 0 radical (unpaired) electrons. The van der Waals surface area contributed by atoms with Crippen LogP contribution in [0.2, 0.25) is 0 Å². The Bertz CT molecular complexity index is 594. The average Bonchev–Trinajstić information content (AvgIpc) is 2.34. The van der Waals surface area contributed by atoms with Crippen molar-refractivity contribution in [3.05, 3.63) is 40.6 Å². The molecule has 2 heterocycles. The molecule has 0 saturated heterocycles. The summed E-state index contributed by atoms with van der Waals surface area (Å²) in [4.78, 5) is 8.35. The molecule has 0 atom stereocenters. The summed E-state index contributed by atoms with van der Waals surface area (Å²) in [5.74, 6) is 0. The monoisotopic (exact) mass is 306 g/mol. The van der Waals surface area contributed by atoms with E-state index >= 15 is 0 Å². The summed E-state index contributed by atoms with van der Waals surface area (Å²) in [6.07, 6.45) is 3.22. The van der Waals surface area contributed by atoms with E-state index in [1.54, 1.807) is 12.3 Å². The second-order valence-corrected chi connectivity index (χ2v) is 4.96. The molecule has 0 fully saturated rings. The van der Waals surface area contributed by atoms with Crippen LogP contribution in [0.15, 0.2) is 45.1 Å². The lowest BCUT2D eigenvalue weighted by Crippen LogP contribution is -1.92. The lowest BCUT2D eigenvalue weighted by molar-refractivity contribution is 1.07. The number of nitrogens with two attached hydrogens (primary N) is 1. The highest BCUT2D eigenvalue weighted by molar-refractivity contribution is 9.10. The van der Waals surface area contributed by atoms with Crippen LogP contribution in [-0.4, -0.2) is 9.97 Å². The lowest BCUT2D eigenvalue weighted by Gasteiger charge is -2.04. The normalized spacial score (nSPS) is 9.88. The van der Waals surface area contributed by atoms with Crippen molar-refractivity contribution in [2.24, 2.45) is 0 Å². The van der Waals surface area contributed by atoms with Gasteiger partial charge in [-0.05, 0) is 45.9 Å². The molecule has 4 nitrogen and oxygen atoms in total. The van der Waals surface area contributed by atoms with Gasteiger partial charge >= 0.3 is 0 Å². The number of rotatable bonds is 2. The maximum absolute atomic E-state index is 9.00. The summed E-state index contributed by atoms with van der Waals surface area (Å²) < 4.78 is 0.868. The Hall–Kier alpha value is -1.58. The van der Waals surface area contributed by atoms with E-state index in [9.17, 15) is 0 Å². The molecule has 2 N–H and O–H groups in total. The predicted molar refractivity (Wildman–Crippen MR) is 69.4 cm³/mol. The fourth-order valence-corrected chi connectivity index (χ4v) is 2.45. The van der Waals surface area contributed by atoms with Gasteiger partial charge in [-0.15, -0.1) is 0 Å². The van der Waals surface area contributed by atoms with E-state index < -0.39 is 0 Å². The van der Waals surface area contributed by atoms with Gasteiger partial charge in [0.2, 0.25) is 0 Å². The minimum absolute atomic E-state index is 0.451. The molecule has 84 valence electrons. The highest BCUT2D eigenvalue weighted by atomic mass is 79.9. The number of hydrogen-bond donors (Lipinski definition) is 1. The maximum Gasteiger partial charge on any atom is 0.120 e. The zero-order valence-corrected chi connectivity index (χ0v) is 11.0. The Morgan fingerprint density at radius 1 is 1.35 bits per heavy atom. The first-order valence-corrected chi connectivity index (χ1v) is 6.25. The molecule has 2 rings (SSSR count). The van der Waals surface area contributed by atoms with E-state index in [-0.39, 0.29) is 0 Å². The second kappa shape index (κ2) is 5.17. The number of hydrogen-bond acceptors (Lipinski definition) is 5. The van der Waals surface area contributed by atoms with Crippen molar-refractivity contribution < 1.29 is 0 Å². The molecule has 0 aliphatic heterocycles. The Morgan fingerprint density at radius 3 is 2.88 bits per heavy atom. The third-order valence-corrected chi connectivity index (χ3v) is 3.85. The first-order valence-electron chi connectivity index (χ1n) is 4.64. The Morgan fingerprint density at radius 2 is 2.18 bits per heavy atom. The summed E-state index contributed by atoms with van der Waals surface area (Å²) in [7, 11) is 0. The molecular formula is C11H7BrN4S. The van der Waals surface area contributed by atoms with Crippen LogP contribution in [0, 0.1) is 11.3 Å². The van der Waals surface area contributed by atoms with Crippen molar-refractivity contribution in [1.82, 2.24) is 9.97 Å². The van der Waals surface area contributed by atoms with Crippen molar-refractivity contribution in [2.45, 2.75) is 10.1 Å². The zero-order valence-electron chi connectivity index (χ0n) is 8.59. The van der Waals surface area contributed by atoms with Crippen molar-refractivity contribution in [3.8, 4) is 6.07 Å². The molecule has 2 aromatic rings. The van der Waals surface area contributed by atoms with Gasteiger partial charge < -0.3 is 5.73 Å². The molecule has 17 heavy (non-hydrogen) atoms. The molecule has 0 amide bonds. The van der Waals surface area contributed by atoms with Gasteiger partial charge in [-0.25, -0.2) is 9.97 Å². The van der Waals surface area contributed by atoms with Gasteiger partial charge in [0, 0.05) is 6.20 Å². The van der Waals surface area contributed by atoms with Crippen molar-refractivity contribution in [2.75, 3.05) is 5.73 Å². The third kappa shape index (κ3) is 2.75. The van der Waals surface area contributed by atoms with Gasteiger partial charge in [0.15, 0.2) is 0 Å². The van der Waals surface area contributed by atoms with Crippen molar-refractivity contribution in [3.63, 3.8) is 0 Å². The molecule has 0 spiro atoms. The van der Waals surface area contributed by atoms with Gasteiger partial charge in [-0.3, -0.25) is 0 Å². The maximum atomic E-state index is 9.00. The largest absolute Gasteiger partial charge is 0.397 e. The van der Waals surface area contributed by atoms with Crippen LogP contribution in [0.5, 0.6) is 0 Å². The predicted octanol–water partition coefficient (Wildman–Crippen LogP) is 2.84. The quantitative estimate of drug-likeness (QED) is 0.923. The van der Waals surface area contributed by atoms with E-state index in [0.717, 1.165) is 9.50 Å². The lowest BCUT2D eigenvalue weighted by atomic mass is 10.3. The molecule has 0 saturated carbocycles. The van der Waals surface area contributed by atoms with Gasteiger partial charge in [-0.1, -0.05) is 0 Å². The number of pyridine rings is 2. The number of anilines is 1. The van der Waals surface area contributed by atoms with E-state index in [0.29, 0.717) is 16.3 Å². The molecule has 0 aliphatic rings. The second-order valence-electron chi connectivity index (χ2n) is 3.13. The van der Waals surface area contributed by atoms with Crippen LogP contribution >= 0.6 is 27.7 Å². The van der Waals surface area contributed by atoms with Gasteiger partial charge in [0.05, 0.1) is 21.9 Å². The summed E-state index contributed by atoms with van der Waals surface area (Å²) in [6.45, 7) is 0. The fraction of sp³-hybridized carbons (Fsp3) is 0. The van der Waals surface area contributed by atoms with Crippen LogP contribution in [-0.2, 0) is 0 Å². The minimum atomic E-state index is 0.451. The summed E-state index contributed by atoms with van der Waals surface area (Å²) >= 11 is 4.72. The van der Waals surface area contributed by atoms with Crippen LogP contribution < -0.4 is 5.73 Å². The first-order chi connectivity index (χ1) is 8.20. The number of aromatic nitrogens is 2. The third-order valence-electron chi connectivity index (χ3n) is 1.91. The molecule has 6 heteroatoms. The minimum Gasteiger partial charge on any atom is -0.397 e. The Balaban J connectivity index is 2.37. The number of nitrogen functional groups attached to an aromatic ring is 1. The molecule has 0 unspecified atom stereocenters. The van der Waals surface area contributed by atoms with Crippen LogP contribution in [0.1, 0.15) is 5.56 Å². The summed E-state index contributed by atoms with van der Waals surface area (Å²) in [5, 5.41) is 10.4. The topological polar surface area (TPSA) is 75.6 Å². The van der Waals surface area contributed by atoms with Crippen LogP contribution in [0.3, 0.4) is 0 Å². The van der Waals surface area contributed by atoms with E-state index in [1.165, 1.54) is 18.0 Å².